The third-order valence-electron chi connectivity index (χ3n) is 5.99. The molecule has 0 aliphatic carbocycles. The second-order valence-corrected chi connectivity index (χ2v) is 8.49. The summed E-state index contributed by atoms with van der Waals surface area (Å²) >= 11 is 0. The van der Waals surface area contributed by atoms with Gasteiger partial charge in [-0.25, -0.2) is 0 Å². The molecule has 6 heteroatoms. The normalized spacial score (nSPS) is 9.86. The second kappa shape index (κ2) is 13.7. The monoisotopic (exact) mass is 552 g/mol. The lowest BCUT2D eigenvalue weighted by molar-refractivity contribution is 0.315. The van der Waals surface area contributed by atoms with Crippen LogP contribution in [0.1, 0.15) is 0 Å². The summed E-state index contributed by atoms with van der Waals surface area (Å²) in [7, 11) is 0. The standard InChI is InChI=1S/C36H24O6/c1-7-13-37-31-19-25-26(20-32(31)38-14-8-2)28-22-34(40-16-10-4)36(42-18-12-6)24-30(28)29-23-35(41-17-11-5)33(21-27(25)29)39-15-9-3/h1-6,19-24H,13-18H2. The highest BCUT2D eigenvalue weighted by molar-refractivity contribution is 6.26. The molecule has 0 saturated heterocycles. The number of rotatable bonds is 12. The number of ether oxygens (including phenoxy) is 6. The van der Waals surface area contributed by atoms with E-state index in [1.54, 1.807) is 0 Å². The smallest absolute Gasteiger partial charge is 0.163 e. The topological polar surface area (TPSA) is 55.4 Å². The number of benzene rings is 4. The summed E-state index contributed by atoms with van der Waals surface area (Å²) in [4.78, 5) is 0. The molecule has 0 amide bonds. The van der Waals surface area contributed by atoms with Gasteiger partial charge in [0.2, 0.25) is 0 Å². The van der Waals surface area contributed by atoms with Crippen molar-refractivity contribution in [1.82, 2.24) is 0 Å². The summed E-state index contributed by atoms with van der Waals surface area (Å²) in [6.07, 6.45) is 32.8. The highest BCUT2D eigenvalue weighted by Crippen LogP contribution is 2.47. The minimum Gasteiger partial charge on any atom is -0.477 e. The molecule has 0 saturated carbocycles. The fourth-order valence-corrected chi connectivity index (χ4v) is 4.41. The molecule has 0 aromatic heterocycles. The molecule has 204 valence electrons. The van der Waals surface area contributed by atoms with Crippen LogP contribution < -0.4 is 28.4 Å². The SMILES string of the molecule is C#CCOc1cc2c3cc(OCC#C)c(OCC#C)cc3c3cc(OCC#C)c(OCC#C)cc3c2cc1OCC#C. The molecule has 0 radical (unpaired) electrons. The number of terminal acetylenes is 6. The van der Waals surface area contributed by atoms with Gasteiger partial charge in [0.15, 0.2) is 34.5 Å². The molecule has 0 aliphatic heterocycles. The second-order valence-electron chi connectivity index (χ2n) is 8.49. The minimum absolute atomic E-state index is 0.0179. The first-order valence-corrected chi connectivity index (χ1v) is 12.5. The maximum absolute atomic E-state index is 5.84. The molecule has 0 heterocycles. The molecule has 4 aromatic rings. The molecule has 0 atom stereocenters. The van der Waals surface area contributed by atoms with Crippen LogP contribution in [0, 0.1) is 74.1 Å². The predicted octanol–water partition coefficient (Wildman–Crippen LogP) is 5.22. The van der Waals surface area contributed by atoms with Gasteiger partial charge in [-0.1, -0.05) is 35.5 Å². The van der Waals surface area contributed by atoms with Crippen molar-refractivity contribution >= 4 is 32.3 Å². The Labute approximate surface area is 245 Å². The Morgan fingerprint density at radius 3 is 0.571 bits per heavy atom. The first-order chi connectivity index (χ1) is 20.6. The van der Waals surface area contributed by atoms with Gasteiger partial charge >= 0.3 is 0 Å². The van der Waals surface area contributed by atoms with Gasteiger partial charge in [0.25, 0.3) is 0 Å². The van der Waals surface area contributed by atoms with Crippen LogP contribution in [0.5, 0.6) is 34.5 Å². The predicted molar refractivity (Wildman–Crippen MR) is 165 cm³/mol. The van der Waals surface area contributed by atoms with Crippen molar-refractivity contribution in [3.05, 3.63) is 36.4 Å². The van der Waals surface area contributed by atoms with Crippen molar-refractivity contribution in [3.8, 4) is 109 Å². The summed E-state index contributed by atoms with van der Waals surface area (Å²) in [5.41, 5.74) is 0. The van der Waals surface area contributed by atoms with E-state index < -0.39 is 0 Å². The average molecular weight is 553 g/mol. The Hall–Kier alpha value is -6.18. The third-order valence-corrected chi connectivity index (χ3v) is 5.99. The van der Waals surface area contributed by atoms with E-state index in [0.29, 0.717) is 34.5 Å². The maximum Gasteiger partial charge on any atom is 0.163 e. The van der Waals surface area contributed by atoms with Crippen molar-refractivity contribution in [1.29, 1.82) is 0 Å². The first-order valence-electron chi connectivity index (χ1n) is 12.5. The zero-order valence-electron chi connectivity index (χ0n) is 22.6. The van der Waals surface area contributed by atoms with Gasteiger partial charge < -0.3 is 28.4 Å². The molecule has 0 N–H and O–H groups in total. The van der Waals surface area contributed by atoms with Crippen molar-refractivity contribution in [2.24, 2.45) is 0 Å². The lowest BCUT2D eigenvalue weighted by Crippen LogP contribution is -2.03. The molecule has 4 aromatic carbocycles. The highest BCUT2D eigenvalue weighted by Gasteiger charge is 2.20. The first kappa shape index (κ1) is 28.8. The fourth-order valence-electron chi connectivity index (χ4n) is 4.41. The van der Waals surface area contributed by atoms with Crippen molar-refractivity contribution < 1.29 is 28.4 Å². The minimum atomic E-state index is 0.0179. The van der Waals surface area contributed by atoms with E-state index >= 15 is 0 Å². The van der Waals surface area contributed by atoms with Crippen LogP contribution >= 0.6 is 0 Å². The maximum atomic E-state index is 5.84. The molecule has 0 unspecified atom stereocenters. The molecule has 42 heavy (non-hydrogen) atoms. The zero-order chi connectivity index (χ0) is 29.9. The van der Waals surface area contributed by atoms with Crippen LogP contribution in [-0.4, -0.2) is 39.6 Å². The summed E-state index contributed by atoms with van der Waals surface area (Å²) in [5.74, 6) is 17.3. The van der Waals surface area contributed by atoms with Crippen LogP contribution in [-0.2, 0) is 0 Å². The van der Waals surface area contributed by atoms with Crippen LogP contribution in [0.3, 0.4) is 0 Å². The average Bonchev–Trinajstić information content (AvgIpc) is 3.01. The highest BCUT2D eigenvalue weighted by atomic mass is 16.5. The van der Waals surface area contributed by atoms with Crippen molar-refractivity contribution in [2.75, 3.05) is 39.6 Å². The van der Waals surface area contributed by atoms with Gasteiger partial charge in [0.05, 0.1) is 0 Å². The molecule has 4 rings (SSSR count). The molecule has 0 fully saturated rings. The summed E-state index contributed by atoms with van der Waals surface area (Å²) in [6.45, 7) is 0.107. The molecule has 0 bridgehead atoms. The van der Waals surface area contributed by atoms with E-state index in [1.165, 1.54) is 0 Å². The molecule has 6 nitrogen and oxygen atoms in total. The van der Waals surface area contributed by atoms with Crippen LogP contribution in [0.15, 0.2) is 36.4 Å². The lowest BCUT2D eigenvalue weighted by Gasteiger charge is -2.19. The van der Waals surface area contributed by atoms with Crippen LogP contribution in [0.25, 0.3) is 32.3 Å². The molecular weight excluding hydrogens is 528 g/mol. The van der Waals surface area contributed by atoms with Crippen molar-refractivity contribution in [3.63, 3.8) is 0 Å². The van der Waals surface area contributed by atoms with E-state index in [9.17, 15) is 0 Å². The molecular formula is C36H24O6. The van der Waals surface area contributed by atoms with Crippen LogP contribution in [0.2, 0.25) is 0 Å². The van der Waals surface area contributed by atoms with Gasteiger partial charge in [-0.3, -0.25) is 0 Å². The Morgan fingerprint density at radius 1 is 0.310 bits per heavy atom. The Balaban J connectivity index is 2.18. The Kier molecular flexibility index (Phi) is 9.43. The number of hydrogen-bond donors (Lipinski definition) is 0. The van der Waals surface area contributed by atoms with Gasteiger partial charge in [-0.2, -0.15) is 0 Å². The van der Waals surface area contributed by atoms with E-state index in [4.69, 9.17) is 67.0 Å². The van der Waals surface area contributed by atoms with Crippen LogP contribution in [0.4, 0.5) is 0 Å². The van der Waals surface area contributed by atoms with Gasteiger partial charge in [-0.05, 0) is 68.7 Å². The number of hydrogen-bond acceptors (Lipinski definition) is 6. The number of fused-ring (bicyclic) bond motifs is 6. The van der Waals surface area contributed by atoms with E-state index in [2.05, 4.69) is 35.5 Å². The summed E-state index contributed by atoms with van der Waals surface area (Å²) in [6, 6.07) is 11.0. The zero-order valence-corrected chi connectivity index (χ0v) is 22.6. The van der Waals surface area contributed by atoms with E-state index in [-0.39, 0.29) is 39.6 Å². The van der Waals surface area contributed by atoms with E-state index in [1.807, 2.05) is 36.4 Å². The summed E-state index contributed by atoms with van der Waals surface area (Å²) < 4.78 is 35.1. The van der Waals surface area contributed by atoms with Gasteiger partial charge in [-0.15, -0.1) is 38.5 Å². The van der Waals surface area contributed by atoms with E-state index in [0.717, 1.165) is 32.3 Å². The molecule has 0 spiro atoms. The Morgan fingerprint density at radius 2 is 0.452 bits per heavy atom. The quantitative estimate of drug-likeness (QED) is 0.178. The largest absolute Gasteiger partial charge is 0.477 e. The third kappa shape index (κ3) is 6.02. The summed E-state index contributed by atoms with van der Waals surface area (Å²) in [5, 5.41) is 4.70. The Bertz CT molecular complexity index is 1520. The molecule has 0 aliphatic rings. The van der Waals surface area contributed by atoms with Gasteiger partial charge in [0.1, 0.15) is 39.6 Å². The lowest BCUT2D eigenvalue weighted by atomic mass is 9.93. The van der Waals surface area contributed by atoms with Gasteiger partial charge in [0, 0.05) is 0 Å². The fraction of sp³-hybridized carbons (Fsp3) is 0.167. The van der Waals surface area contributed by atoms with Crippen molar-refractivity contribution in [2.45, 2.75) is 0 Å².